The topological polar surface area (TPSA) is 99.8 Å². The predicted molar refractivity (Wildman–Crippen MR) is 91.8 cm³/mol. The molecule has 2 N–H and O–H groups in total. The first-order valence-corrected chi connectivity index (χ1v) is 8.40. The van der Waals surface area contributed by atoms with Gasteiger partial charge in [-0.15, -0.1) is 0 Å². The third kappa shape index (κ3) is 4.30. The van der Waals surface area contributed by atoms with E-state index in [-0.39, 0.29) is 24.7 Å². The van der Waals surface area contributed by atoms with E-state index in [1.54, 1.807) is 41.3 Å². The van der Waals surface area contributed by atoms with E-state index in [9.17, 15) is 14.4 Å². The van der Waals surface area contributed by atoms with Gasteiger partial charge in [-0.05, 0) is 17.7 Å². The van der Waals surface area contributed by atoms with Crippen molar-refractivity contribution < 1.29 is 23.9 Å². The highest BCUT2D eigenvalue weighted by Crippen LogP contribution is 2.23. The van der Waals surface area contributed by atoms with Crippen LogP contribution in [0.15, 0.2) is 53.1 Å². The molecule has 1 aliphatic heterocycles. The molecule has 0 bridgehead atoms. The number of carboxylic acids is 1. The van der Waals surface area contributed by atoms with Crippen molar-refractivity contribution in [1.82, 2.24) is 10.2 Å². The molecule has 2 heterocycles. The molecule has 2 aromatic rings. The summed E-state index contributed by atoms with van der Waals surface area (Å²) in [6, 6.07) is 11.9. The Bertz CT molecular complexity index is 772. The fourth-order valence-corrected chi connectivity index (χ4v) is 3.09. The maximum absolute atomic E-state index is 12.6. The Labute approximate surface area is 150 Å². The number of rotatable bonds is 7. The molecule has 1 aromatic heterocycles. The second-order valence-corrected chi connectivity index (χ2v) is 6.32. The summed E-state index contributed by atoms with van der Waals surface area (Å²) in [6.07, 6.45) is 1.43. The van der Waals surface area contributed by atoms with Crippen LogP contribution < -0.4 is 5.32 Å². The SMILES string of the molecule is O=C(O)CC(NC(=O)C1CC(=O)N(Cc2ccco2)C1)c1ccccc1. The molecular weight excluding hydrogens is 336 g/mol. The van der Waals surface area contributed by atoms with Crippen LogP contribution in [0.2, 0.25) is 0 Å². The second-order valence-electron chi connectivity index (χ2n) is 6.32. The van der Waals surface area contributed by atoms with Crippen LogP contribution in [0, 0.1) is 5.92 Å². The zero-order chi connectivity index (χ0) is 18.5. The van der Waals surface area contributed by atoms with Gasteiger partial charge in [0.05, 0.1) is 31.2 Å². The smallest absolute Gasteiger partial charge is 0.305 e. The van der Waals surface area contributed by atoms with Crippen LogP contribution >= 0.6 is 0 Å². The lowest BCUT2D eigenvalue weighted by Gasteiger charge is -2.20. The number of furan rings is 1. The quantitative estimate of drug-likeness (QED) is 0.790. The summed E-state index contributed by atoms with van der Waals surface area (Å²) in [5, 5.41) is 11.9. The van der Waals surface area contributed by atoms with Gasteiger partial charge in [-0.2, -0.15) is 0 Å². The first-order valence-electron chi connectivity index (χ1n) is 8.40. The summed E-state index contributed by atoms with van der Waals surface area (Å²) in [5.41, 5.74) is 0.722. The third-order valence-electron chi connectivity index (χ3n) is 4.41. The Balaban J connectivity index is 1.64. The fourth-order valence-electron chi connectivity index (χ4n) is 3.09. The third-order valence-corrected chi connectivity index (χ3v) is 4.41. The van der Waals surface area contributed by atoms with E-state index in [1.807, 2.05) is 6.07 Å². The number of hydrogen-bond donors (Lipinski definition) is 2. The molecule has 136 valence electrons. The Morgan fingerprint density at radius 1 is 1.23 bits per heavy atom. The fraction of sp³-hybridized carbons (Fsp3) is 0.316. The van der Waals surface area contributed by atoms with Crippen molar-refractivity contribution in [3.8, 4) is 0 Å². The van der Waals surface area contributed by atoms with Crippen LogP contribution in [-0.4, -0.2) is 34.3 Å². The lowest BCUT2D eigenvalue weighted by Crippen LogP contribution is -2.36. The Morgan fingerprint density at radius 3 is 2.65 bits per heavy atom. The average Bonchev–Trinajstić information content (AvgIpc) is 3.25. The lowest BCUT2D eigenvalue weighted by molar-refractivity contribution is -0.138. The van der Waals surface area contributed by atoms with E-state index in [0.717, 1.165) is 5.56 Å². The van der Waals surface area contributed by atoms with Gasteiger partial charge >= 0.3 is 5.97 Å². The van der Waals surface area contributed by atoms with Crippen molar-refractivity contribution >= 4 is 17.8 Å². The summed E-state index contributed by atoms with van der Waals surface area (Å²) < 4.78 is 5.25. The summed E-state index contributed by atoms with van der Waals surface area (Å²) in [5.74, 6) is -1.27. The summed E-state index contributed by atoms with van der Waals surface area (Å²) >= 11 is 0. The van der Waals surface area contributed by atoms with Crippen molar-refractivity contribution in [2.75, 3.05) is 6.54 Å². The minimum atomic E-state index is -0.999. The van der Waals surface area contributed by atoms with E-state index < -0.39 is 17.9 Å². The standard InChI is InChI=1S/C19H20N2O5/c22-17-9-14(11-21(17)12-15-7-4-8-26-15)19(25)20-16(10-18(23)24)13-5-2-1-3-6-13/h1-8,14,16H,9-12H2,(H,20,25)(H,23,24). The maximum Gasteiger partial charge on any atom is 0.305 e. The predicted octanol–water partition coefficient (Wildman–Crippen LogP) is 1.96. The number of likely N-dealkylation sites (tertiary alicyclic amines) is 1. The Kier molecular flexibility index (Phi) is 5.36. The number of carbonyl (C=O) groups is 3. The van der Waals surface area contributed by atoms with Gasteiger partial charge in [-0.1, -0.05) is 30.3 Å². The molecule has 1 fully saturated rings. The van der Waals surface area contributed by atoms with E-state index in [0.29, 0.717) is 18.8 Å². The van der Waals surface area contributed by atoms with E-state index >= 15 is 0 Å². The number of amides is 2. The zero-order valence-electron chi connectivity index (χ0n) is 14.1. The van der Waals surface area contributed by atoms with Crippen LogP contribution in [-0.2, 0) is 20.9 Å². The first-order chi connectivity index (χ1) is 12.5. The van der Waals surface area contributed by atoms with E-state index in [2.05, 4.69) is 5.32 Å². The molecule has 0 radical (unpaired) electrons. The van der Waals surface area contributed by atoms with Gasteiger partial charge in [0.25, 0.3) is 0 Å². The zero-order valence-corrected chi connectivity index (χ0v) is 14.1. The van der Waals surface area contributed by atoms with Gasteiger partial charge in [0, 0.05) is 13.0 Å². The maximum atomic E-state index is 12.6. The van der Waals surface area contributed by atoms with Crippen LogP contribution in [0.1, 0.15) is 30.2 Å². The minimum Gasteiger partial charge on any atom is -0.481 e. The number of hydrogen-bond acceptors (Lipinski definition) is 4. The van der Waals surface area contributed by atoms with Crippen molar-refractivity contribution in [3.05, 3.63) is 60.1 Å². The first kappa shape index (κ1) is 17.7. The Hall–Kier alpha value is -3.09. The second kappa shape index (κ2) is 7.86. The normalized spacial score (nSPS) is 17.9. The monoisotopic (exact) mass is 356 g/mol. The minimum absolute atomic E-state index is 0.112. The highest BCUT2D eigenvalue weighted by Gasteiger charge is 2.35. The number of nitrogens with one attached hydrogen (secondary N) is 1. The van der Waals surface area contributed by atoms with Gasteiger partial charge in [0.2, 0.25) is 11.8 Å². The molecule has 1 saturated heterocycles. The molecule has 2 amide bonds. The molecule has 7 heteroatoms. The number of carboxylic acid groups (broad SMARTS) is 1. The van der Waals surface area contributed by atoms with Crippen molar-refractivity contribution in [3.63, 3.8) is 0 Å². The number of carbonyl (C=O) groups excluding carboxylic acids is 2. The van der Waals surface area contributed by atoms with Crippen LogP contribution in [0.4, 0.5) is 0 Å². The molecule has 3 rings (SSSR count). The summed E-state index contributed by atoms with van der Waals surface area (Å²) in [7, 11) is 0. The van der Waals surface area contributed by atoms with Gasteiger partial charge in [0.15, 0.2) is 0 Å². The molecular formula is C19H20N2O5. The highest BCUT2D eigenvalue weighted by atomic mass is 16.4. The van der Waals surface area contributed by atoms with Crippen molar-refractivity contribution in [2.24, 2.45) is 5.92 Å². The highest BCUT2D eigenvalue weighted by molar-refractivity contribution is 5.89. The Morgan fingerprint density at radius 2 is 2.00 bits per heavy atom. The molecule has 2 atom stereocenters. The summed E-state index contributed by atoms with van der Waals surface area (Å²) in [4.78, 5) is 37.5. The van der Waals surface area contributed by atoms with Crippen LogP contribution in [0.25, 0.3) is 0 Å². The van der Waals surface area contributed by atoms with Gasteiger partial charge < -0.3 is 19.7 Å². The molecule has 1 aliphatic rings. The molecule has 0 aliphatic carbocycles. The molecule has 26 heavy (non-hydrogen) atoms. The van der Waals surface area contributed by atoms with Crippen molar-refractivity contribution in [2.45, 2.75) is 25.4 Å². The molecule has 0 saturated carbocycles. The largest absolute Gasteiger partial charge is 0.481 e. The molecule has 7 nitrogen and oxygen atoms in total. The van der Waals surface area contributed by atoms with Gasteiger partial charge in [0.1, 0.15) is 5.76 Å². The average molecular weight is 356 g/mol. The number of nitrogens with zero attached hydrogens (tertiary/aromatic N) is 1. The van der Waals surface area contributed by atoms with Gasteiger partial charge in [-0.25, -0.2) is 0 Å². The molecule has 2 unspecified atom stereocenters. The molecule has 0 spiro atoms. The number of benzene rings is 1. The van der Waals surface area contributed by atoms with E-state index in [1.165, 1.54) is 6.26 Å². The number of aliphatic carboxylic acids is 1. The lowest BCUT2D eigenvalue weighted by atomic mass is 10.0. The summed E-state index contributed by atoms with van der Waals surface area (Å²) in [6.45, 7) is 0.618. The van der Waals surface area contributed by atoms with Gasteiger partial charge in [-0.3, -0.25) is 14.4 Å². The van der Waals surface area contributed by atoms with E-state index in [4.69, 9.17) is 9.52 Å². The van der Waals surface area contributed by atoms with Crippen LogP contribution in [0.3, 0.4) is 0 Å². The van der Waals surface area contributed by atoms with Crippen molar-refractivity contribution in [1.29, 1.82) is 0 Å². The van der Waals surface area contributed by atoms with Crippen LogP contribution in [0.5, 0.6) is 0 Å². The molecule has 1 aromatic carbocycles.